The fourth-order valence-corrected chi connectivity index (χ4v) is 2.49. The Balaban J connectivity index is 1.78. The van der Waals surface area contributed by atoms with Crippen molar-refractivity contribution in [2.75, 3.05) is 58.3 Å². The number of rotatable bonds is 5. The van der Waals surface area contributed by atoms with Gasteiger partial charge in [0.05, 0.1) is 10.6 Å². The Kier molecular flexibility index (Phi) is 5.71. The van der Waals surface area contributed by atoms with E-state index in [4.69, 9.17) is 0 Å². The summed E-state index contributed by atoms with van der Waals surface area (Å²) in [5.74, 6) is 0.630. The molecule has 1 saturated heterocycles. The van der Waals surface area contributed by atoms with Crippen molar-refractivity contribution in [1.82, 2.24) is 19.8 Å². The van der Waals surface area contributed by atoms with Gasteiger partial charge in [0, 0.05) is 58.7 Å². The molecule has 1 aromatic rings. The number of aliphatic hydroxyl groups is 1. The Hall–Kier alpha value is -0.760. The molecule has 0 unspecified atom stereocenters. The van der Waals surface area contributed by atoms with E-state index in [2.05, 4.69) is 42.7 Å². The highest BCUT2D eigenvalue weighted by Gasteiger charge is 2.18. The van der Waals surface area contributed by atoms with Gasteiger partial charge in [0.1, 0.15) is 0 Å². The van der Waals surface area contributed by atoms with Crippen LogP contribution in [0.1, 0.15) is 0 Å². The van der Waals surface area contributed by atoms with E-state index in [0.717, 1.165) is 30.7 Å². The molecule has 0 radical (unpaired) electrons. The van der Waals surface area contributed by atoms with Gasteiger partial charge in [-0.3, -0.25) is 4.90 Å². The molecular weight excluding hydrogens is 322 g/mol. The number of halogens is 1. The van der Waals surface area contributed by atoms with Crippen LogP contribution >= 0.6 is 15.9 Å². The quantitative estimate of drug-likeness (QED) is 0.828. The first-order valence-corrected chi connectivity index (χ1v) is 7.61. The molecule has 1 atom stereocenters. The van der Waals surface area contributed by atoms with Crippen molar-refractivity contribution in [3.8, 4) is 0 Å². The summed E-state index contributed by atoms with van der Waals surface area (Å²) >= 11 is 3.31. The summed E-state index contributed by atoms with van der Waals surface area (Å²) in [6.45, 7) is 5.41. The van der Waals surface area contributed by atoms with Gasteiger partial charge in [-0.05, 0) is 23.0 Å². The van der Waals surface area contributed by atoms with Crippen LogP contribution in [0.3, 0.4) is 0 Å². The molecule has 1 N–H and O–H groups in total. The van der Waals surface area contributed by atoms with Gasteiger partial charge >= 0.3 is 0 Å². The Labute approximate surface area is 128 Å². The molecule has 1 aromatic heterocycles. The van der Waals surface area contributed by atoms with E-state index in [1.807, 2.05) is 11.9 Å². The van der Waals surface area contributed by atoms with Gasteiger partial charge in [-0.25, -0.2) is 9.97 Å². The number of hydrogen-bond acceptors (Lipinski definition) is 6. The molecule has 112 valence electrons. The number of anilines is 1. The molecule has 0 aliphatic carbocycles. The van der Waals surface area contributed by atoms with Crippen LogP contribution in [0.25, 0.3) is 0 Å². The predicted octanol–water partition coefficient (Wildman–Crippen LogP) is 0.284. The topological polar surface area (TPSA) is 55.7 Å². The number of nitrogens with zero attached hydrogens (tertiary/aromatic N) is 5. The van der Waals surface area contributed by atoms with Crippen LogP contribution in [0.2, 0.25) is 0 Å². The second kappa shape index (κ2) is 7.31. The van der Waals surface area contributed by atoms with E-state index < -0.39 is 6.10 Å². The number of likely N-dealkylation sites (N-methyl/N-ethyl adjacent to an activating group) is 2. The minimum Gasteiger partial charge on any atom is -0.390 e. The summed E-state index contributed by atoms with van der Waals surface area (Å²) in [6.07, 6.45) is 3.04. The average molecular weight is 344 g/mol. The zero-order valence-electron chi connectivity index (χ0n) is 12.0. The fraction of sp³-hybridized carbons (Fsp3) is 0.692. The molecule has 2 rings (SSSR count). The Morgan fingerprint density at radius 3 is 2.50 bits per heavy atom. The number of piperazine rings is 1. The first-order valence-electron chi connectivity index (χ1n) is 6.82. The number of aromatic nitrogens is 2. The van der Waals surface area contributed by atoms with Gasteiger partial charge < -0.3 is 14.9 Å². The zero-order chi connectivity index (χ0) is 14.5. The van der Waals surface area contributed by atoms with Crippen molar-refractivity contribution in [3.63, 3.8) is 0 Å². The summed E-state index contributed by atoms with van der Waals surface area (Å²) in [7, 11) is 4.03. The predicted molar refractivity (Wildman–Crippen MR) is 82.9 cm³/mol. The second-order valence-corrected chi connectivity index (χ2v) is 6.26. The molecule has 0 aromatic carbocycles. The lowest BCUT2D eigenvalue weighted by Gasteiger charge is -2.34. The van der Waals surface area contributed by atoms with Crippen LogP contribution in [0.4, 0.5) is 5.95 Å². The number of hydrogen-bond donors (Lipinski definition) is 1. The van der Waals surface area contributed by atoms with Crippen LogP contribution in [0.15, 0.2) is 16.9 Å². The third kappa shape index (κ3) is 4.66. The number of β-amino-alcohol motifs (C(OH)–C–C–N with tert-alkyl or cyclic N) is 1. The molecule has 0 bridgehead atoms. The molecule has 0 spiro atoms. The van der Waals surface area contributed by atoms with E-state index in [9.17, 15) is 5.11 Å². The van der Waals surface area contributed by atoms with Gasteiger partial charge in [0.25, 0.3) is 0 Å². The van der Waals surface area contributed by atoms with E-state index in [1.165, 1.54) is 0 Å². The first-order chi connectivity index (χ1) is 9.54. The normalized spacial score (nSPS) is 19.0. The minimum absolute atomic E-state index is 0.393. The minimum atomic E-state index is -0.393. The summed E-state index contributed by atoms with van der Waals surface area (Å²) in [6, 6.07) is 0. The smallest absolute Gasteiger partial charge is 0.225 e. The lowest BCUT2D eigenvalue weighted by Crippen LogP contribution is -2.48. The van der Waals surface area contributed by atoms with Gasteiger partial charge in [-0.2, -0.15) is 0 Å². The highest BCUT2D eigenvalue weighted by molar-refractivity contribution is 9.10. The molecule has 20 heavy (non-hydrogen) atoms. The monoisotopic (exact) mass is 343 g/mol. The fourth-order valence-electron chi connectivity index (χ4n) is 2.29. The van der Waals surface area contributed by atoms with Crippen LogP contribution < -0.4 is 4.90 Å². The molecule has 2 heterocycles. The highest BCUT2D eigenvalue weighted by Crippen LogP contribution is 2.10. The summed E-state index contributed by atoms with van der Waals surface area (Å²) in [5.41, 5.74) is 0. The third-order valence-corrected chi connectivity index (χ3v) is 3.91. The van der Waals surface area contributed by atoms with Gasteiger partial charge in [-0.15, -0.1) is 0 Å². The molecule has 1 aliphatic rings. The molecule has 0 amide bonds. The van der Waals surface area contributed by atoms with Crippen molar-refractivity contribution in [2.24, 2.45) is 0 Å². The van der Waals surface area contributed by atoms with Crippen molar-refractivity contribution < 1.29 is 5.11 Å². The molecule has 6 nitrogen and oxygen atoms in total. The van der Waals surface area contributed by atoms with E-state index >= 15 is 0 Å². The summed E-state index contributed by atoms with van der Waals surface area (Å²) < 4.78 is 0.854. The van der Waals surface area contributed by atoms with Crippen molar-refractivity contribution >= 4 is 21.9 Å². The van der Waals surface area contributed by atoms with Crippen LogP contribution in [0, 0.1) is 0 Å². The largest absolute Gasteiger partial charge is 0.390 e. The molecule has 0 saturated carbocycles. The molecule has 1 fully saturated rings. The Morgan fingerprint density at radius 2 is 1.90 bits per heavy atom. The third-order valence-electron chi connectivity index (χ3n) is 3.50. The van der Waals surface area contributed by atoms with E-state index in [-0.39, 0.29) is 0 Å². The standard InChI is InChI=1S/C13H22BrN5O/c1-17-3-5-19(6-4-17)10-12(20)9-18(2)13-15-7-11(14)8-16-13/h7-8,12,20H,3-6,9-10H2,1-2H3/t12-/m1/s1. The lowest BCUT2D eigenvalue weighted by atomic mass is 10.2. The highest BCUT2D eigenvalue weighted by atomic mass is 79.9. The molecule has 7 heteroatoms. The second-order valence-electron chi connectivity index (χ2n) is 5.34. The van der Waals surface area contributed by atoms with Crippen LogP contribution in [-0.2, 0) is 0 Å². The van der Waals surface area contributed by atoms with Gasteiger partial charge in [0.2, 0.25) is 5.95 Å². The zero-order valence-corrected chi connectivity index (χ0v) is 13.6. The Morgan fingerprint density at radius 1 is 1.30 bits per heavy atom. The van der Waals surface area contributed by atoms with E-state index in [0.29, 0.717) is 19.0 Å². The maximum atomic E-state index is 10.2. The van der Waals surface area contributed by atoms with Gasteiger partial charge in [0.15, 0.2) is 0 Å². The SMILES string of the molecule is CN1CCN(C[C@H](O)CN(C)c2ncc(Br)cn2)CC1. The van der Waals surface area contributed by atoms with Crippen molar-refractivity contribution in [1.29, 1.82) is 0 Å². The van der Waals surface area contributed by atoms with Crippen LogP contribution in [-0.4, -0.2) is 84.3 Å². The Bertz CT molecular complexity index is 408. The van der Waals surface area contributed by atoms with Crippen molar-refractivity contribution in [2.45, 2.75) is 6.10 Å². The van der Waals surface area contributed by atoms with Crippen molar-refractivity contribution in [3.05, 3.63) is 16.9 Å². The summed E-state index contributed by atoms with van der Waals surface area (Å²) in [5, 5.41) is 10.2. The average Bonchev–Trinajstić information content (AvgIpc) is 2.42. The maximum absolute atomic E-state index is 10.2. The first kappa shape index (κ1) is 15.6. The number of aliphatic hydroxyl groups excluding tert-OH is 1. The van der Waals surface area contributed by atoms with Gasteiger partial charge in [-0.1, -0.05) is 0 Å². The summed E-state index contributed by atoms with van der Waals surface area (Å²) in [4.78, 5) is 14.9. The lowest BCUT2D eigenvalue weighted by molar-refractivity contribution is 0.0841. The van der Waals surface area contributed by atoms with E-state index in [1.54, 1.807) is 12.4 Å². The molecular formula is C13H22BrN5O. The van der Waals surface area contributed by atoms with Crippen LogP contribution in [0.5, 0.6) is 0 Å². The maximum Gasteiger partial charge on any atom is 0.225 e. The molecule has 1 aliphatic heterocycles.